The summed E-state index contributed by atoms with van der Waals surface area (Å²) >= 11 is 0. The summed E-state index contributed by atoms with van der Waals surface area (Å²) < 4.78 is 18.9. The van der Waals surface area contributed by atoms with E-state index < -0.39 is 0 Å². The van der Waals surface area contributed by atoms with E-state index in [2.05, 4.69) is 5.32 Å². The van der Waals surface area contributed by atoms with Gasteiger partial charge in [0.15, 0.2) is 0 Å². The molecule has 2 atom stereocenters. The summed E-state index contributed by atoms with van der Waals surface area (Å²) in [7, 11) is 0. The Hall–Kier alpha value is -0.930. The van der Waals surface area contributed by atoms with Crippen molar-refractivity contribution in [2.75, 3.05) is 13.2 Å². The van der Waals surface area contributed by atoms with Crippen LogP contribution < -0.4 is 5.32 Å². The molecule has 0 amide bonds. The summed E-state index contributed by atoms with van der Waals surface area (Å²) in [6.07, 6.45) is 5.09. The lowest BCUT2D eigenvalue weighted by Gasteiger charge is -2.32. The fourth-order valence-corrected chi connectivity index (χ4v) is 2.68. The van der Waals surface area contributed by atoms with Crippen molar-refractivity contribution in [1.29, 1.82) is 0 Å². The van der Waals surface area contributed by atoms with Crippen LogP contribution in [0.1, 0.15) is 37.4 Å². The van der Waals surface area contributed by atoms with Crippen LogP contribution in [0.15, 0.2) is 24.3 Å². The molecule has 1 heterocycles. The first kappa shape index (κ1) is 12.1. The summed E-state index contributed by atoms with van der Waals surface area (Å²) in [5.41, 5.74) is 1.11. The highest BCUT2D eigenvalue weighted by atomic mass is 19.1. The van der Waals surface area contributed by atoms with Crippen molar-refractivity contribution in [3.8, 4) is 0 Å². The number of ether oxygens (including phenoxy) is 1. The predicted molar refractivity (Wildman–Crippen MR) is 68.8 cm³/mol. The van der Waals surface area contributed by atoms with Crippen LogP contribution in [0, 0.1) is 11.7 Å². The van der Waals surface area contributed by atoms with Gasteiger partial charge >= 0.3 is 0 Å². The second-order valence-corrected chi connectivity index (χ2v) is 5.43. The predicted octanol–water partition coefficient (Wildman–Crippen LogP) is 3.05. The van der Waals surface area contributed by atoms with Crippen molar-refractivity contribution in [2.45, 2.75) is 37.8 Å². The summed E-state index contributed by atoms with van der Waals surface area (Å²) in [5, 5.41) is 3.58. The minimum Gasteiger partial charge on any atom is -0.373 e. The standard InChI is InChI=1S/C15H20FNO/c16-13-5-3-11(4-6-13)15-12(2-1-9-18-15)10-17-14-7-8-14/h3-6,12,14-15,17H,1-2,7-10H2. The Labute approximate surface area is 108 Å². The van der Waals surface area contributed by atoms with Crippen molar-refractivity contribution in [1.82, 2.24) is 5.32 Å². The monoisotopic (exact) mass is 249 g/mol. The summed E-state index contributed by atoms with van der Waals surface area (Å²) in [4.78, 5) is 0. The third-order valence-electron chi connectivity index (χ3n) is 3.89. The van der Waals surface area contributed by atoms with E-state index >= 15 is 0 Å². The van der Waals surface area contributed by atoms with Crippen LogP contribution >= 0.6 is 0 Å². The molecule has 18 heavy (non-hydrogen) atoms. The lowest BCUT2D eigenvalue weighted by Crippen LogP contribution is -2.32. The number of hydrogen-bond acceptors (Lipinski definition) is 2. The maximum Gasteiger partial charge on any atom is 0.123 e. The van der Waals surface area contributed by atoms with Gasteiger partial charge in [-0.05, 0) is 43.4 Å². The topological polar surface area (TPSA) is 21.3 Å². The average Bonchev–Trinajstić information content (AvgIpc) is 3.22. The Kier molecular flexibility index (Phi) is 3.62. The van der Waals surface area contributed by atoms with E-state index in [4.69, 9.17) is 4.74 Å². The fraction of sp³-hybridized carbons (Fsp3) is 0.600. The molecule has 2 unspecified atom stereocenters. The van der Waals surface area contributed by atoms with Crippen LogP contribution in [0.3, 0.4) is 0 Å². The van der Waals surface area contributed by atoms with E-state index in [1.807, 2.05) is 12.1 Å². The molecular formula is C15H20FNO. The van der Waals surface area contributed by atoms with E-state index in [0.29, 0.717) is 5.92 Å². The zero-order valence-electron chi connectivity index (χ0n) is 10.6. The third kappa shape index (κ3) is 2.90. The Morgan fingerprint density at radius 3 is 2.67 bits per heavy atom. The molecule has 0 spiro atoms. The van der Waals surface area contributed by atoms with Gasteiger partial charge in [0.1, 0.15) is 5.82 Å². The molecule has 1 aliphatic carbocycles. The lowest BCUT2D eigenvalue weighted by molar-refractivity contribution is -0.0278. The van der Waals surface area contributed by atoms with Crippen LogP contribution in [0.5, 0.6) is 0 Å². The number of nitrogens with one attached hydrogen (secondary N) is 1. The molecule has 1 saturated carbocycles. The van der Waals surface area contributed by atoms with Crippen LogP contribution in [-0.4, -0.2) is 19.2 Å². The second kappa shape index (κ2) is 5.37. The van der Waals surface area contributed by atoms with Gasteiger partial charge in [0.05, 0.1) is 6.10 Å². The van der Waals surface area contributed by atoms with Gasteiger partial charge in [0, 0.05) is 25.1 Å². The number of hydrogen-bond donors (Lipinski definition) is 1. The zero-order chi connectivity index (χ0) is 12.4. The molecule has 1 saturated heterocycles. The van der Waals surface area contributed by atoms with Crippen molar-refractivity contribution >= 4 is 0 Å². The van der Waals surface area contributed by atoms with Crippen LogP contribution in [0.2, 0.25) is 0 Å². The molecule has 1 aromatic rings. The average molecular weight is 249 g/mol. The minimum atomic E-state index is -0.179. The van der Waals surface area contributed by atoms with Gasteiger partial charge in [0.2, 0.25) is 0 Å². The Morgan fingerprint density at radius 1 is 1.17 bits per heavy atom. The van der Waals surface area contributed by atoms with Crippen molar-refractivity contribution in [3.05, 3.63) is 35.6 Å². The smallest absolute Gasteiger partial charge is 0.123 e. The van der Waals surface area contributed by atoms with Gasteiger partial charge in [-0.25, -0.2) is 4.39 Å². The van der Waals surface area contributed by atoms with Crippen LogP contribution in [0.25, 0.3) is 0 Å². The first-order chi connectivity index (χ1) is 8.83. The highest BCUT2D eigenvalue weighted by molar-refractivity contribution is 5.20. The lowest BCUT2D eigenvalue weighted by atomic mass is 9.89. The number of halogens is 1. The minimum absolute atomic E-state index is 0.130. The van der Waals surface area contributed by atoms with Crippen LogP contribution in [0.4, 0.5) is 4.39 Å². The van der Waals surface area contributed by atoms with E-state index in [9.17, 15) is 4.39 Å². The molecule has 3 heteroatoms. The fourth-order valence-electron chi connectivity index (χ4n) is 2.68. The molecule has 0 aromatic heterocycles. The van der Waals surface area contributed by atoms with Gasteiger partial charge in [0.25, 0.3) is 0 Å². The maximum atomic E-state index is 13.0. The molecule has 2 fully saturated rings. The molecule has 98 valence electrons. The van der Waals surface area contributed by atoms with Crippen molar-refractivity contribution in [3.63, 3.8) is 0 Å². The number of rotatable bonds is 4. The maximum absolute atomic E-state index is 13.0. The Morgan fingerprint density at radius 2 is 1.94 bits per heavy atom. The summed E-state index contributed by atoms with van der Waals surface area (Å²) in [6, 6.07) is 7.50. The highest BCUT2D eigenvalue weighted by Crippen LogP contribution is 2.34. The largest absolute Gasteiger partial charge is 0.373 e. The summed E-state index contributed by atoms with van der Waals surface area (Å²) in [6.45, 7) is 1.84. The van der Waals surface area contributed by atoms with E-state index in [-0.39, 0.29) is 11.9 Å². The van der Waals surface area contributed by atoms with Gasteiger partial charge < -0.3 is 10.1 Å². The highest BCUT2D eigenvalue weighted by Gasteiger charge is 2.29. The van der Waals surface area contributed by atoms with Crippen LogP contribution in [-0.2, 0) is 4.74 Å². The Bertz CT molecular complexity index is 388. The molecule has 3 rings (SSSR count). The zero-order valence-corrected chi connectivity index (χ0v) is 10.6. The first-order valence-corrected chi connectivity index (χ1v) is 6.93. The van der Waals surface area contributed by atoms with Gasteiger partial charge in [-0.2, -0.15) is 0 Å². The molecule has 0 bridgehead atoms. The molecule has 2 aliphatic rings. The van der Waals surface area contributed by atoms with E-state index in [1.165, 1.54) is 31.4 Å². The quantitative estimate of drug-likeness (QED) is 0.885. The molecule has 2 nitrogen and oxygen atoms in total. The molecule has 1 aromatic carbocycles. The third-order valence-corrected chi connectivity index (χ3v) is 3.89. The van der Waals surface area contributed by atoms with Crippen molar-refractivity contribution < 1.29 is 9.13 Å². The SMILES string of the molecule is Fc1ccc(C2OCCCC2CNC2CC2)cc1. The molecule has 0 radical (unpaired) electrons. The molecule has 1 N–H and O–H groups in total. The van der Waals surface area contributed by atoms with Gasteiger partial charge in [-0.1, -0.05) is 12.1 Å². The second-order valence-electron chi connectivity index (χ2n) is 5.43. The van der Waals surface area contributed by atoms with Gasteiger partial charge in [-0.3, -0.25) is 0 Å². The van der Waals surface area contributed by atoms with E-state index in [1.54, 1.807) is 0 Å². The van der Waals surface area contributed by atoms with Gasteiger partial charge in [-0.15, -0.1) is 0 Å². The van der Waals surface area contributed by atoms with Crippen molar-refractivity contribution in [2.24, 2.45) is 5.92 Å². The molecule has 1 aliphatic heterocycles. The normalized spacial score (nSPS) is 28.3. The molecular weight excluding hydrogens is 229 g/mol. The number of benzene rings is 1. The Balaban J connectivity index is 1.67. The first-order valence-electron chi connectivity index (χ1n) is 6.93. The van der Waals surface area contributed by atoms with E-state index in [0.717, 1.165) is 31.2 Å². The summed E-state index contributed by atoms with van der Waals surface area (Å²) in [5.74, 6) is 0.340.